The van der Waals surface area contributed by atoms with Crippen molar-refractivity contribution in [3.8, 4) is 33.9 Å². The second-order valence-corrected chi connectivity index (χ2v) is 8.66. The normalized spacial score (nSPS) is 10.5. The van der Waals surface area contributed by atoms with Crippen molar-refractivity contribution in [3.05, 3.63) is 127 Å². The van der Waals surface area contributed by atoms with Crippen LogP contribution in [0.2, 0.25) is 0 Å². The molecule has 0 unspecified atom stereocenters. The number of aryl methyl sites for hydroxylation is 1. The number of amides is 1. The molecule has 0 saturated carbocycles. The van der Waals surface area contributed by atoms with E-state index in [1.807, 2.05) is 86.8 Å². The molecule has 0 aliphatic heterocycles. The fourth-order valence-electron chi connectivity index (χ4n) is 4.15. The van der Waals surface area contributed by atoms with E-state index in [9.17, 15) is 4.79 Å². The first kappa shape index (κ1) is 23.8. The molecule has 0 aliphatic carbocycles. The molecule has 0 atom stereocenters. The van der Waals surface area contributed by atoms with Crippen molar-refractivity contribution >= 4 is 17.3 Å². The lowest BCUT2D eigenvalue weighted by Gasteiger charge is -2.12. The van der Waals surface area contributed by atoms with Crippen LogP contribution in [0.3, 0.4) is 0 Å². The molecule has 1 aromatic heterocycles. The van der Waals surface area contributed by atoms with Gasteiger partial charge in [-0.15, -0.1) is 0 Å². The Balaban J connectivity index is 1.30. The highest BCUT2D eigenvalue weighted by Gasteiger charge is 2.13. The van der Waals surface area contributed by atoms with Crippen LogP contribution >= 0.6 is 0 Å². The minimum Gasteiger partial charge on any atom is -0.439 e. The van der Waals surface area contributed by atoms with E-state index in [2.05, 4.69) is 39.9 Å². The molecule has 1 heterocycles. The van der Waals surface area contributed by atoms with Gasteiger partial charge in [-0.1, -0.05) is 72.8 Å². The molecule has 5 aromatic rings. The van der Waals surface area contributed by atoms with Gasteiger partial charge in [-0.3, -0.25) is 4.79 Å². The average Bonchev–Trinajstić information content (AvgIpc) is 2.95. The van der Waals surface area contributed by atoms with Gasteiger partial charge in [0.05, 0.1) is 11.9 Å². The summed E-state index contributed by atoms with van der Waals surface area (Å²) in [6, 6.07) is 35.5. The second kappa shape index (κ2) is 10.8. The lowest BCUT2D eigenvalue weighted by Crippen LogP contribution is -2.13. The first-order valence-corrected chi connectivity index (χ1v) is 12.1. The van der Waals surface area contributed by atoms with Gasteiger partial charge in [-0.05, 0) is 65.1 Å². The summed E-state index contributed by atoms with van der Waals surface area (Å²) in [5, 5.41) is 6.07. The smallest absolute Gasteiger partial charge is 0.256 e. The quantitative estimate of drug-likeness (QED) is 0.247. The molecule has 0 saturated heterocycles. The third-order valence-electron chi connectivity index (χ3n) is 6.15. The summed E-state index contributed by atoms with van der Waals surface area (Å²) >= 11 is 0. The van der Waals surface area contributed by atoms with Crippen LogP contribution in [-0.2, 0) is 0 Å². The van der Waals surface area contributed by atoms with E-state index in [0.717, 1.165) is 39.3 Å². The molecule has 0 radical (unpaired) electrons. The third-order valence-corrected chi connectivity index (χ3v) is 6.15. The standard InChI is InChI=1S/C32H27N3O2/c1-22-20-26(33-2)16-18-30(22)37-31-19-17-27(21-34-31)35-32(36)29-11-7-6-10-28(29)25-14-12-24(13-15-25)23-8-4-3-5-9-23/h3-21,33H,1-2H3,(H,35,36). The summed E-state index contributed by atoms with van der Waals surface area (Å²) in [7, 11) is 1.88. The molecule has 5 heteroatoms. The highest BCUT2D eigenvalue weighted by molar-refractivity contribution is 6.08. The minimum atomic E-state index is -0.197. The number of carbonyl (C=O) groups is 1. The number of nitrogens with one attached hydrogen (secondary N) is 2. The Morgan fingerprint density at radius 1 is 0.730 bits per heavy atom. The Kier molecular flexibility index (Phi) is 6.95. The lowest BCUT2D eigenvalue weighted by molar-refractivity contribution is 0.102. The van der Waals surface area contributed by atoms with Gasteiger partial charge in [-0.2, -0.15) is 0 Å². The number of carbonyl (C=O) groups excluding carboxylic acids is 1. The Morgan fingerprint density at radius 2 is 1.41 bits per heavy atom. The van der Waals surface area contributed by atoms with E-state index in [-0.39, 0.29) is 5.91 Å². The number of pyridine rings is 1. The van der Waals surface area contributed by atoms with E-state index in [0.29, 0.717) is 17.1 Å². The molecule has 5 rings (SSSR count). The number of aromatic nitrogens is 1. The Labute approximate surface area is 216 Å². The zero-order valence-electron chi connectivity index (χ0n) is 20.7. The highest BCUT2D eigenvalue weighted by atomic mass is 16.5. The maximum absolute atomic E-state index is 13.2. The van der Waals surface area contributed by atoms with Crippen LogP contribution in [-0.4, -0.2) is 17.9 Å². The Bertz CT molecular complexity index is 1510. The van der Waals surface area contributed by atoms with Crippen LogP contribution < -0.4 is 15.4 Å². The van der Waals surface area contributed by atoms with E-state index in [1.54, 1.807) is 18.3 Å². The molecule has 182 valence electrons. The van der Waals surface area contributed by atoms with E-state index >= 15 is 0 Å². The topological polar surface area (TPSA) is 63.2 Å². The molecule has 2 N–H and O–H groups in total. The number of ether oxygens (including phenoxy) is 1. The van der Waals surface area contributed by atoms with Gasteiger partial charge < -0.3 is 15.4 Å². The van der Waals surface area contributed by atoms with Crippen molar-refractivity contribution in [2.45, 2.75) is 6.92 Å². The average molecular weight is 486 g/mol. The van der Waals surface area contributed by atoms with Crippen LogP contribution in [0.15, 0.2) is 115 Å². The molecule has 0 spiro atoms. The first-order valence-electron chi connectivity index (χ1n) is 12.1. The number of hydrogen-bond acceptors (Lipinski definition) is 4. The van der Waals surface area contributed by atoms with Gasteiger partial charge in [0.2, 0.25) is 5.88 Å². The number of anilines is 2. The van der Waals surface area contributed by atoms with Crippen molar-refractivity contribution in [1.29, 1.82) is 0 Å². The maximum atomic E-state index is 13.2. The molecule has 4 aromatic carbocycles. The van der Waals surface area contributed by atoms with Crippen molar-refractivity contribution in [2.75, 3.05) is 17.7 Å². The van der Waals surface area contributed by atoms with Gasteiger partial charge in [0, 0.05) is 24.4 Å². The SMILES string of the molecule is CNc1ccc(Oc2ccc(NC(=O)c3ccccc3-c3ccc(-c4ccccc4)cc3)cn2)c(C)c1. The largest absolute Gasteiger partial charge is 0.439 e. The van der Waals surface area contributed by atoms with Crippen LogP contribution in [0.5, 0.6) is 11.6 Å². The molecule has 1 amide bonds. The maximum Gasteiger partial charge on any atom is 0.256 e. The van der Waals surface area contributed by atoms with Crippen LogP contribution in [0.25, 0.3) is 22.3 Å². The predicted molar refractivity (Wildman–Crippen MR) is 150 cm³/mol. The number of hydrogen-bond donors (Lipinski definition) is 2. The summed E-state index contributed by atoms with van der Waals surface area (Å²) in [5.74, 6) is 0.990. The summed E-state index contributed by atoms with van der Waals surface area (Å²) in [4.78, 5) is 17.6. The van der Waals surface area contributed by atoms with Gasteiger partial charge in [0.1, 0.15) is 5.75 Å². The van der Waals surface area contributed by atoms with Crippen molar-refractivity contribution in [1.82, 2.24) is 4.98 Å². The lowest BCUT2D eigenvalue weighted by atomic mass is 9.96. The second-order valence-electron chi connectivity index (χ2n) is 8.66. The molecule has 0 aliphatic rings. The highest BCUT2D eigenvalue weighted by Crippen LogP contribution is 2.29. The van der Waals surface area contributed by atoms with Crippen molar-refractivity contribution in [2.24, 2.45) is 0 Å². The molecule has 37 heavy (non-hydrogen) atoms. The van der Waals surface area contributed by atoms with Crippen LogP contribution in [0, 0.1) is 6.92 Å². The summed E-state index contributed by atoms with van der Waals surface area (Å²) in [5.41, 5.74) is 7.34. The Hall–Kier alpha value is -4.90. The predicted octanol–water partition coefficient (Wildman–Crippen LogP) is 7.81. The van der Waals surface area contributed by atoms with Gasteiger partial charge in [0.25, 0.3) is 5.91 Å². The fraction of sp³-hybridized carbons (Fsp3) is 0.0625. The van der Waals surface area contributed by atoms with Crippen LogP contribution in [0.4, 0.5) is 11.4 Å². The van der Waals surface area contributed by atoms with Crippen LogP contribution in [0.1, 0.15) is 15.9 Å². The molecular weight excluding hydrogens is 458 g/mol. The number of nitrogens with zero attached hydrogens (tertiary/aromatic N) is 1. The zero-order chi connectivity index (χ0) is 25.6. The number of benzene rings is 4. The molecular formula is C32H27N3O2. The van der Waals surface area contributed by atoms with Crippen molar-refractivity contribution in [3.63, 3.8) is 0 Å². The molecule has 0 fully saturated rings. The van der Waals surface area contributed by atoms with E-state index in [4.69, 9.17) is 4.74 Å². The molecule has 5 nitrogen and oxygen atoms in total. The minimum absolute atomic E-state index is 0.197. The summed E-state index contributed by atoms with van der Waals surface area (Å²) < 4.78 is 5.92. The fourth-order valence-corrected chi connectivity index (χ4v) is 4.15. The molecule has 0 bridgehead atoms. The Morgan fingerprint density at radius 3 is 2.11 bits per heavy atom. The number of rotatable bonds is 7. The van der Waals surface area contributed by atoms with Gasteiger partial charge in [0.15, 0.2) is 0 Å². The van der Waals surface area contributed by atoms with Gasteiger partial charge >= 0.3 is 0 Å². The van der Waals surface area contributed by atoms with E-state index in [1.165, 1.54) is 0 Å². The summed E-state index contributed by atoms with van der Waals surface area (Å²) in [6.07, 6.45) is 1.60. The van der Waals surface area contributed by atoms with Crippen molar-refractivity contribution < 1.29 is 9.53 Å². The summed E-state index contributed by atoms with van der Waals surface area (Å²) in [6.45, 7) is 1.98. The monoisotopic (exact) mass is 485 g/mol. The van der Waals surface area contributed by atoms with Gasteiger partial charge in [-0.25, -0.2) is 4.98 Å². The first-order chi connectivity index (χ1) is 18.1. The zero-order valence-corrected chi connectivity index (χ0v) is 20.7. The van der Waals surface area contributed by atoms with E-state index < -0.39 is 0 Å². The third kappa shape index (κ3) is 5.52.